The van der Waals surface area contributed by atoms with Gasteiger partial charge in [-0.3, -0.25) is 24.4 Å². The lowest BCUT2D eigenvalue weighted by Gasteiger charge is -2.29. The molecule has 2 unspecified atom stereocenters. The van der Waals surface area contributed by atoms with E-state index in [1.165, 1.54) is 0 Å². The van der Waals surface area contributed by atoms with Gasteiger partial charge < -0.3 is 16.0 Å². The molecule has 9 nitrogen and oxygen atoms in total. The summed E-state index contributed by atoms with van der Waals surface area (Å²) in [6.07, 6.45) is 4.22. The SMILES string of the molecule is CC(N)(CNCc1ccc2c(c1)C(=O)N(C1CCC(=O)NC1=O)C2)Cn1cccn1. The van der Waals surface area contributed by atoms with Crippen LogP contribution >= 0.6 is 0 Å². The van der Waals surface area contributed by atoms with Crippen LogP contribution in [-0.4, -0.2) is 50.5 Å². The molecule has 1 saturated heterocycles. The van der Waals surface area contributed by atoms with Crippen molar-refractivity contribution in [3.63, 3.8) is 0 Å². The Balaban J connectivity index is 1.36. The minimum atomic E-state index is -0.593. The maximum Gasteiger partial charge on any atom is 0.255 e. The third-order valence-electron chi connectivity index (χ3n) is 5.53. The summed E-state index contributed by atoms with van der Waals surface area (Å²) in [5.41, 5.74) is 8.38. The molecule has 9 heteroatoms. The van der Waals surface area contributed by atoms with Gasteiger partial charge in [0.05, 0.1) is 6.54 Å². The Morgan fingerprint density at radius 3 is 2.90 bits per heavy atom. The molecule has 2 aliphatic rings. The van der Waals surface area contributed by atoms with Crippen LogP contribution in [0.4, 0.5) is 0 Å². The topological polar surface area (TPSA) is 122 Å². The zero-order valence-electron chi connectivity index (χ0n) is 16.9. The number of benzene rings is 1. The first-order chi connectivity index (χ1) is 14.3. The highest BCUT2D eigenvalue weighted by Gasteiger charge is 2.39. The quantitative estimate of drug-likeness (QED) is 0.559. The maximum atomic E-state index is 12.9. The van der Waals surface area contributed by atoms with Gasteiger partial charge in [-0.25, -0.2) is 0 Å². The van der Waals surface area contributed by atoms with E-state index in [1.807, 2.05) is 37.4 Å². The van der Waals surface area contributed by atoms with Crippen LogP contribution in [0, 0.1) is 0 Å². The average molecular weight is 410 g/mol. The summed E-state index contributed by atoms with van der Waals surface area (Å²) in [5.74, 6) is -0.842. The number of amides is 3. The molecule has 1 fully saturated rings. The number of aromatic nitrogens is 2. The molecule has 2 atom stereocenters. The monoisotopic (exact) mass is 410 g/mol. The maximum absolute atomic E-state index is 12.9. The number of rotatable bonds is 7. The van der Waals surface area contributed by atoms with E-state index in [9.17, 15) is 14.4 Å². The van der Waals surface area contributed by atoms with Gasteiger partial charge >= 0.3 is 0 Å². The number of nitrogens with one attached hydrogen (secondary N) is 2. The van der Waals surface area contributed by atoms with E-state index in [-0.39, 0.29) is 18.2 Å². The van der Waals surface area contributed by atoms with Crippen LogP contribution in [-0.2, 0) is 29.2 Å². The van der Waals surface area contributed by atoms with Crippen molar-refractivity contribution in [3.05, 3.63) is 53.3 Å². The molecular formula is C21H26N6O3. The average Bonchev–Trinajstić information content (AvgIpc) is 3.29. The number of nitrogens with zero attached hydrogens (tertiary/aromatic N) is 3. The number of imide groups is 1. The molecule has 4 N–H and O–H groups in total. The number of piperidine rings is 1. The van der Waals surface area contributed by atoms with Crippen LogP contribution in [0.5, 0.6) is 0 Å². The summed E-state index contributed by atoms with van der Waals surface area (Å²) in [6.45, 7) is 4.10. The molecule has 3 amide bonds. The Morgan fingerprint density at radius 2 is 2.17 bits per heavy atom. The third-order valence-corrected chi connectivity index (χ3v) is 5.53. The number of hydrogen-bond donors (Lipinski definition) is 3. The van der Waals surface area contributed by atoms with E-state index < -0.39 is 17.5 Å². The predicted octanol–water partition coefficient (Wildman–Crippen LogP) is 0.151. The van der Waals surface area contributed by atoms with Crippen molar-refractivity contribution in [1.29, 1.82) is 0 Å². The minimum Gasteiger partial charge on any atom is -0.323 e. The van der Waals surface area contributed by atoms with Crippen LogP contribution in [0.15, 0.2) is 36.7 Å². The van der Waals surface area contributed by atoms with E-state index in [0.717, 1.165) is 11.1 Å². The lowest BCUT2D eigenvalue weighted by molar-refractivity contribution is -0.136. The molecule has 0 radical (unpaired) electrons. The number of hydrogen-bond acceptors (Lipinski definition) is 6. The lowest BCUT2D eigenvalue weighted by Crippen LogP contribution is -2.52. The van der Waals surface area contributed by atoms with Crippen molar-refractivity contribution in [2.45, 2.75) is 51.0 Å². The normalized spacial score (nSPS) is 20.8. The highest BCUT2D eigenvalue weighted by molar-refractivity contribution is 6.05. The van der Waals surface area contributed by atoms with Crippen molar-refractivity contribution >= 4 is 17.7 Å². The van der Waals surface area contributed by atoms with Gasteiger partial charge in [-0.2, -0.15) is 5.10 Å². The standard InChI is InChI=1S/C21H26N6O3/c1-21(22,13-26-8-2-7-24-26)12-23-10-14-3-4-15-11-27(20(30)16(15)9-14)17-5-6-18(28)25-19(17)29/h2-4,7-9,17,23H,5-6,10-13,22H2,1H3,(H,25,28,29). The zero-order valence-corrected chi connectivity index (χ0v) is 16.9. The van der Waals surface area contributed by atoms with Gasteiger partial charge in [0.2, 0.25) is 11.8 Å². The fourth-order valence-electron chi connectivity index (χ4n) is 4.02. The molecule has 30 heavy (non-hydrogen) atoms. The Hall–Kier alpha value is -3.04. The molecule has 1 aromatic heterocycles. The third kappa shape index (κ3) is 4.27. The summed E-state index contributed by atoms with van der Waals surface area (Å²) in [7, 11) is 0. The fourth-order valence-corrected chi connectivity index (χ4v) is 4.02. The summed E-state index contributed by atoms with van der Waals surface area (Å²) < 4.78 is 1.80. The largest absolute Gasteiger partial charge is 0.323 e. The van der Waals surface area contributed by atoms with Gasteiger partial charge in [0.25, 0.3) is 5.91 Å². The summed E-state index contributed by atoms with van der Waals surface area (Å²) >= 11 is 0. The number of fused-ring (bicyclic) bond motifs is 1. The second-order valence-corrected chi connectivity index (χ2v) is 8.35. The van der Waals surface area contributed by atoms with Gasteiger partial charge in [0.1, 0.15) is 6.04 Å². The molecule has 0 saturated carbocycles. The number of carbonyl (C=O) groups is 3. The van der Waals surface area contributed by atoms with Crippen molar-refractivity contribution in [2.75, 3.05) is 6.54 Å². The molecule has 0 bridgehead atoms. The van der Waals surface area contributed by atoms with Crippen molar-refractivity contribution in [2.24, 2.45) is 5.73 Å². The number of nitrogens with two attached hydrogens (primary N) is 1. The Labute approximate surface area is 174 Å². The van der Waals surface area contributed by atoms with Gasteiger partial charge in [-0.15, -0.1) is 0 Å². The molecule has 1 aromatic carbocycles. The Kier molecular flexibility index (Phi) is 5.40. The first-order valence-corrected chi connectivity index (χ1v) is 10.1. The summed E-state index contributed by atoms with van der Waals surface area (Å²) in [5, 5.41) is 9.87. The molecule has 4 rings (SSSR count). The first kappa shape index (κ1) is 20.2. The van der Waals surface area contributed by atoms with E-state index in [4.69, 9.17) is 5.73 Å². The molecule has 0 aliphatic carbocycles. The molecule has 158 valence electrons. The highest BCUT2D eigenvalue weighted by Crippen LogP contribution is 2.28. The van der Waals surface area contributed by atoms with Crippen LogP contribution in [0.3, 0.4) is 0 Å². The summed E-state index contributed by atoms with van der Waals surface area (Å²) in [4.78, 5) is 38.0. The molecule has 3 heterocycles. The van der Waals surface area contributed by atoms with Gasteiger partial charge in [0, 0.05) is 49.6 Å². The van der Waals surface area contributed by atoms with Crippen LogP contribution in [0.1, 0.15) is 41.3 Å². The van der Waals surface area contributed by atoms with E-state index in [1.54, 1.807) is 15.8 Å². The Morgan fingerprint density at radius 1 is 1.33 bits per heavy atom. The minimum absolute atomic E-state index is 0.163. The second kappa shape index (κ2) is 8.00. The molecular weight excluding hydrogens is 384 g/mol. The fraction of sp³-hybridized carbons (Fsp3) is 0.429. The number of carbonyl (C=O) groups excluding carboxylic acids is 3. The van der Waals surface area contributed by atoms with Crippen molar-refractivity contribution < 1.29 is 14.4 Å². The van der Waals surface area contributed by atoms with Crippen molar-refractivity contribution in [1.82, 2.24) is 25.3 Å². The van der Waals surface area contributed by atoms with Crippen LogP contribution in [0.2, 0.25) is 0 Å². The van der Waals surface area contributed by atoms with Gasteiger partial charge in [-0.1, -0.05) is 12.1 Å². The van der Waals surface area contributed by atoms with E-state index in [0.29, 0.717) is 38.2 Å². The van der Waals surface area contributed by atoms with Crippen molar-refractivity contribution in [3.8, 4) is 0 Å². The molecule has 0 spiro atoms. The lowest BCUT2D eigenvalue weighted by atomic mass is 10.0. The van der Waals surface area contributed by atoms with E-state index >= 15 is 0 Å². The van der Waals surface area contributed by atoms with Crippen LogP contribution < -0.4 is 16.4 Å². The van der Waals surface area contributed by atoms with Gasteiger partial charge in [0.15, 0.2) is 0 Å². The van der Waals surface area contributed by atoms with Crippen LogP contribution in [0.25, 0.3) is 0 Å². The second-order valence-electron chi connectivity index (χ2n) is 8.35. The smallest absolute Gasteiger partial charge is 0.255 e. The molecule has 2 aliphatic heterocycles. The predicted molar refractivity (Wildman–Crippen MR) is 109 cm³/mol. The highest BCUT2D eigenvalue weighted by atomic mass is 16.2. The summed E-state index contributed by atoms with van der Waals surface area (Å²) in [6, 6.07) is 7.06. The first-order valence-electron chi connectivity index (χ1n) is 10.1. The zero-order chi connectivity index (χ0) is 21.3. The molecule has 2 aromatic rings. The Bertz CT molecular complexity index is 969. The van der Waals surface area contributed by atoms with E-state index in [2.05, 4.69) is 15.7 Å². The van der Waals surface area contributed by atoms with Gasteiger partial charge in [-0.05, 0) is 36.6 Å².